The van der Waals surface area contributed by atoms with Crippen LogP contribution >= 0.6 is 19.2 Å². The van der Waals surface area contributed by atoms with Crippen LogP contribution in [-0.4, -0.2) is 31.2 Å². The lowest BCUT2D eigenvalue weighted by atomic mass is 9.87. The second-order valence-electron chi connectivity index (χ2n) is 7.20. The smallest absolute Gasteiger partial charge is 0.307 e. The average Bonchev–Trinajstić information content (AvgIpc) is 3.27. The number of rotatable bonds is 7. The van der Waals surface area contributed by atoms with Crippen molar-refractivity contribution in [2.45, 2.75) is 19.1 Å². The van der Waals surface area contributed by atoms with Crippen molar-refractivity contribution in [3.63, 3.8) is 0 Å². The zero-order valence-electron chi connectivity index (χ0n) is 17.1. The highest BCUT2D eigenvalue weighted by Gasteiger charge is 2.69. The van der Waals surface area contributed by atoms with Crippen molar-refractivity contribution in [1.82, 2.24) is 0 Å². The number of anilines is 1. The summed E-state index contributed by atoms with van der Waals surface area (Å²) in [7, 11) is -4.01. The van der Waals surface area contributed by atoms with Crippen LogP contribution in [0.25, 0.3) is 0 Å². The molecule has 2 aromatic rings. The number of fused-ring (bicyclic) bond motifs is 1. The van der Waals surface area contributed by atoms with E-state index in [9.17, 15) is 14.2 Å². The number of amides is 2. The minimum absolute atomic E-state index is 0.0961. The molecule has 0 bridgehead atoms. The topological polar surface area (TPSA) is 85.3 Å². The molecule has 3 unspecified atom stereocenters. The Kier molecular flexibility index (Phi) is 5.88. The molecule has 3 atom stereocenters. The molecule has 162 valence electrons. The molecule has 0 N–H and O–H groups in total. The van der Waals surface area contributed by atoms with Crippen molar-refractivity contribution in [3.05, 3.63) is 65.2 Å². The Morgan fingerprint density at radius 2 is 1.71 bits per heavy atom. The fourth-order valence-corrected chi connectivity index (χ4v) is 6.94. The zero-order valence-corrected chi connectivity index (χ0v) is 18.8. The molecule has 31 heavy (non-hydrogen) atoms. The summed E-state index contributed by atoms with van der Waals surface area (Å²) in [5, 5.41) is -1.27. The minimum atomic E-state index is -4.01. The van der Waals surface area contributed by atoms with Crippen LogP contribution < -0.4 is 4.90 Å². The van der Waals surface area contributed by atoms with Gasteiger partial charge in [0.05, 0.1) is 30.7 Å². The lowest BCUT2D eigenvalue weighted by molar-refractivity contribution is -0.123. The predicted molar refractivity (Wildman–Crippen MR) is 118 cm³/mol. The van der Waals surface area contributed by atoms with Gasteiger partial charge in [0, 0.05) is 11.2 Å². The van der Waals surface area contributed by atoms with Crippen molar-refractivity contribution >= 4 is 42.9 Å². The van der Waals surface area contributed by atoms with E-state index in [1.165, 1.54) is 6.21 Å². The number of nitrogens with zero attached hydrogens (tertiary/aromatic N) is 2. The predicted octanol–water partition coefficient (Wildman–Crippen LogP) is 4.65. The Morgan fingerprint density at radius 1 is 1.03 bits per heavy atom. The number of aliphatic imine (C=N–C) groups is 1. The maximum absolute atomic E-state index is 14.2. The Hall–Kier alpha value is -2.31. The zero-order chi connectivity index (χ0) is 22.2. The van der Waals surface area contributed by atoms with E-state index in [1.807, 2.05) is 0 Å². The monoisotopic (exact) mass is 460 g/mol. The van der Waals surface area contributed by atoms with E-state index in [4.69, 9.17) is 20.6 Å². The van der Waals surface area contributed by atoms with Crippen LogP contribution in [0.2, 0.25) is 5.02 Å². The van der Waals surface area contributed by atoms with Crippen LogP contribution in [0.4, 0.5) is 5.69 Å². The van der Waals surface area contributed by atoms with Gasteiger partial charge in [0.15, 0.2) is 5.28 Å². The number of carbonyl (C=O) groups excluding carboxylic acids is 2. The summed E-state index contributed by atoms with van der Waals surface area (Å²) < 4.78 is 25.5. The Labute approximate surface area is 185 Å². The number of carbonyl (C=O) groups is 2. The van der Waals surface area contributed by atoms with Crippen LogP contribution in [-0.2, 0) is 28.5 Å². The molecule has 2 aromatic carbocycles. The number of benzene rings is 2. The SMILES string of the molecule is CCOP(=O)(OCC)C1(c2ccccc2)N=CC2C(=O)N(c3cccc(Cl)c3)C(=O)C21. The minimum Gasteiger partial charge on any atom is -0.307 e. The van der Waals surface area contributed by atoms with Crippen LogP contribution in [0, 0.1) is 11.8 Å². The molecule has 7 nitrogen and oxygen atoms in total. The molecule has 2 heterocycles. The summed E-state index contributed by atoms with van der Waals surface area (Å²) in [5.74, 6) is -2.91. The van der Waals surface area contributed by atoms with Gasteiger partial charge in [-0.15, -0.1) is 0 Å². The molecule has 1 saturated heterocycles. The first-order valence-electron chi connectivity index (χ1n) is 10.0. The van der Waals surface area contributed by atoms with Gasteiger partial charge in [-0.25, -0.2) is 4.90 Å². The Morgan fingerprint density at radius 3 is 2.32 bits per heavy atom. The highest BCUT2D eigenvalue weighted by Crippen LogP contribution is 2.72. The van der Waals surface area contributed by atoms with E-state index in [0.717, 1.165) is 4.90 Å². The summed E-state index contributed by atoms with van der Waals surface area (Å²) >= 11 is 6.09. The van der Waals surface area contributed by atoms with Gasteiger partial charge in [0.1, 0.15) is 0 Å². The summed E-state index contributed by atoms with van der Waals surface area (Å²) in [5.41, 5.74) is 0.855. The van der Waals surface area contributed by atoms with Crippen molar-refractivity contribution in [1.29, 1.82) is 0 Å². The molecular weight excluding hydrogens is 439 g/mol. The maximum Gasteiger partial charge on any atom is 0.363 e. The highest BCUT2D eigenvalue weighted by atomic mass is 35.5. The number of hydrogen-bond acceptors (Lipinski definition) is 6. The van der Waals surface area contributed by atoms with E-state index >= 15 is 0 Å². The molecule has 9 heteroatoms. The fraction of sp³-hybridized carbons (Fsp3) is 0.318. The van der Waals surface area contributed by atoms with Gasteiger partial charge >= 0.3 is 7.60 Å². The van der Waals surface area contributed by atoms with Crippen LogP contribution in [0.1, 0.15) is 19.4 Å². The standard InChI is InChI=1S/C22H22ClN2O5P/c1-3-29-31(28,30-4-2)22(15-9-6-5-7-10-15)19-18(14-24-22)20(26)25(21(19)27)17-12-8-11-16(23)13-17/h5-14,18-19H,3-4H2,1-2H3. The molecule has 0 spiro atoms. The lowest BCUT2D eigenvalue weighted by Crippen LogP contribution is -2.40. The van der Waals surface area contributed by atoms with Crippen molar-refractivity contribution in [2.75, 3.05) is 18.1 Å². The molecule has 4 rings (SSSR count). The van der Waals surface area contributed by atoms with Gasteiger partial charge in [-0.2, -0.15) is 0 Å². The normalized spacial score (nSPS) is 25.3. The van der Waals surface area contributed by atoms with Crippen LogP contribution in [0.3, 0.4) is 0 Å². The number of halogens is 1. The van der Waals surface area contributed by atoms with Gasteiger partial charge < -0.3 is 9.05 Å². The van der Waals surface area contributed by atoms with Crippen LogP contribution in [0.5, 0.6) is 0 Å². The third kappa shape index (κ3) is 3.28. The van der Waals surface area contributed by atoms with Gasteiger partial charge in [0.25, 0.3) is 0 Å². The molecule has 0 radical (unpaired) electrons. The molecule has 1 fully saturated rings. The number of imide groups is 1. The third-order valence-corrected chi connectivity index (χ3v) is 8.42. The molecule has 2 amide bonds. The average molecular weight is 461 g/mol. The first kappa shape index (κ1) is 21.9. The second kappa shape index (κ2) is 8.32. The summed E-state index contributed by atoms with van der Waals surface area (Å²) in [6, 6.07) is 15.3. The molecular formula is C22H22ClN2O5P. The molecule has 2 aliphatic rings. The molecule has 0 saturated carbocycles. The Bertz CT molecular complexity index is 1080. The first-order valence-corrected chi connectivity index (χ1v) is 11.9. The van der Waals surface area contributed by atoms with Gasteiger partial charge in [-0.05, 0) is 37.6 Å². The van der Waals surface area contributed by atoms with Crippen molar-refractivity contribution in [2.24, 2.45) is 16.8 Å². The highest BCUT2D eigenvalue weighted by molar-refractivity contribution is 7.55. The fourth-order valence-electron chi connectivity index (χ4n) is 4.32. The quantitative estimate of drug-likeness (QED) is 0.443. The van der Waals surface area contributed by atoms with E-state index in [1.54, 1.807) is 68.4 Å². The summed E-state index contributed by atoms with van der Waals surface area (Å²) in [6.45, 7) is 3.58. The third-order valence-electron chi connectivity index (χ3n) is 5.50. The van der Waals surface area contributed by atoms with E-state index in [0.29, 0.717) is 16.3 Å². The van der Waals surface area contributed by atoms with E-state index < -0.39 is 36.5 Å². The molecule has 2 aliphatic heterocycles. The van der Waals surface area contributed by atoms with Gasteiger partial charge in [0.2, 0.25) is 11.8 Å². The van der Waals surface area contributed by atoms with Crippen molar-refractivity contribution in [3.8, 4) is 0 Å². The number of hydrogen-bond donors (Lipinski definition) is 0. The molecule has 0 aliphatic carbocycles. The van der Waals surface area contributed by atoms with Gasteiger partial charge in [-0.3, -0.25) is 19.1 Å². The van der Waals surface area contributed by atoms with E-state index in [2.05, 4.69) is 4.99 Å². The first-order chi connectivity index (χ1) is 14.9. The lowest BCUT2D eigenvalue weighted by Gasteiger charge is -2.37. The Balaban J connectivity index is 1.91. The van der Waals surface area contributed by atoms with Gasteiger partial charge in [-0.1, -0.05) is 48.0 Å². The molecule has 0 aromatic heterocycles. The summed E-state index contributed by atoms with van der Waals surface area (Å²) in [4.78, 5) is 32.6. The van der Waals surface area contributed by atoms with Crippen molar-refractivity contribution < 1.29 is 23.2 Å². The second-order valence-corrected chi connectivity index (χ2v) is 9.83. The van der Waals surface area contributed by atoms with E-state index in [-0.39, 0.29) is 13.2 Å². The maximum atomic E-state index is 14.2. The van der Waals surface area contributed by atoms with Crippen LogP contribution in [0.15, 0.2) is 59.6 Å². The summed E-state index contributed by atoms with van der Waals surface area (Å²) in [6.07, 6.45) is 1.41. The largest absolute Gasteiger partial charge is 0.363 e.